The number of aryl methyl sites for hydroxylation is 3. The van der Waals surface area contributed by atoms with Crippen LogP contribution in [0.25, 0.3) is 22.5 Å². The molecule has 2 saturated heterocycles. The molecule has 6 aromatic rings. The maximum Gasteiger partial charge on any atom is 0.244 e. The van der Waals surface area contributed by atoms with Crippen LogP contribution in [-0.2, 0) is 26.5 Å². The van der Waals surface area contributed by atoms with Gasteiger partial charge in [0.1, 0.15) is 9.79 Å². The van der Waals surface area contributed by atoms with E-state index in [-0.39, 0.29) is 29.9 Å². The molecular formula is C43H44Cl4N6O4S4. The lowest BCUT2D eigenvalue weighted by Gasteiger charge is -2.34. The Morgan fingerprint density at radius 3 is 1.46 bits per heavy atom. The first-order valence-electron chi connectivity index (χ1n) is 19.6. The Bertz CT molecular complexity index is 2690. The number of hydrogen-bond donors (Lipinski definition) is 0. The Hall–Kier alpha value is -3.28. The molecule has 0 atom stereocenters. The van der Waals surface area contributed by atoms with E-state index in [0.717, 1.165) is 45.6 Å². The minimum atomic E-state index is -3.70. The molecule has 8 rings (SSSR count). The Morgan fingerprint density at radius 1 is 0.574 bits per heavy atom. The zero-order valence-corrected chi connectivity index (χ0v) is 40.0. The fraction of sp³-hybridized carbons (Fsp3) is 0.302. The van der Waals surface area contributed by atoms with Crippen LogP contribution in [-0.4, -0.2) is 87.8 Å². The summed E-state index contributed by atoms with van der Waals surface area (Å²) in [7, 11) is -7.39. The second kappa shape index (κ2) is 19.6. The van der Waals surface area contributed by atoms with E-state index < -0.39 is 20.0 Å². The third-order valence-electron chi connectivity index (χ3n) is 10.6. The average molecular weight is 979 g/mol. The molecule has 0 unspecified atom stereocenters. The number of aromatic nitrogens is 2. The van der Waals surface area contributed by atoms with E-state index in [2.05, 4.69) is 77.7 Å². The highest BCUT2D eigenvalue weighted by molar-refractivity contribution is 7.89. The highest BCUT2D eigenvalue weighted by atomic mass is 35.5. The second-order valence-electron chi connectivity index (χ2n) is 14.6. The van der Waals surface area contributed by atoms with Gasteiger partial charge in [-0.3, -0.25) is 0 Å². The average Bonchev–Trinajstić information content (AvgIpc) is 3.95. The maximum atomic E-state index is 13.0. The van der Waals surface area contributed by atoms with E-state index in [1.54, 1.807) is 46.9 Å². The van der Waals surface area contributed by atoms with Crippen molar-refractivity contribution in [3.05, 3.63) is 126 Å². The Labute approximate surface area is 386 Å². The van der Waals surface area contributed by atoms with Crippen molar-refractivity contribution in [3.63, 3.8) is 0 Å². The maximum absolute atomic E-state index is 13.0. The van der Waals surface area contributed by atoms with Crippen LogP contribution in [0.4, 0.5) is 10.3 Å². The largest absolute Gasteiger partial charge is 0.345 e. The molecule has 0 saturated carbocycles. The lowest BCUT2D eigenvalue weighted by molar-refractivity contribution is 0.384. The van der Waals surface area contributed by atoms with Crippen LogP contribution in [0, 0.1) is 13.8 Å². The standard InChI is InChI=1S/C22H23Cl2N3O2S2.C21H21Cl2N3O2S2/c1-2-4-16-7-9-17(10-8-16)19-15-30-22(25-19)26-11-13-27(14-12-26)31(28,29)20-6-3-5-18(23)21(20)24;1-14-5-3-6-15(2)19(14)17-13-29-21(24-17)25-9-11-26(12-10-25)30(27,28)18-8-4-7-16(22)20(18)23/h3,5-10,15H,2,4,11-14H2,1H3;3-8,13H,9-12H2,1-2H3. The number of benzene rings is 4. The number of halogens is 4. The highest BCUT2D eigenvalue weighted by Crippen LogP contribution is 2.36. The van der Waals surface area contributed by atoms with Crippen molar-refractivity contribution in [1.82, 2.24) is 18.6 Å². The Morgan fingerprint density at radius 2 is 1.00 bits per heavy atom. The van der Waals surface area contributed by atoms with Gasteiger partial charge >= 0.3 is 0 Å². The molecule has 0 amide bonds. The summed E-state index contributed by atoms with van der Waals surface area (Å²) in [5.74, 6) is 0. The molecule has 4 aromatic carbocycles. The molecule has 0 radical (unpaired) electrons. The molecule has 18 heteroatoms. The summed E-state index contributed by atoms with van der Waals surface area (Å²) in [5.41, 5.74) is 7.90. The lowest BCUT2D eigenvalue weighted by atomic mass is 10.0. The van der Waals surface area contributed by atoms with E-state index in [0.29, 0.717) is 52.4 Å². The summed E-state index contributed by atoms with van der Waals surface area (Å²) in [6, 6.07) is 24.1. The van der Waals surface area contributed by atoms with Crippen molar-refractivity contribution >= 4 is 99.4 Å². The molecule has 10 nitrogen and oxygen atoms in total. The molecule has 322 valence electrons. The summed E-state index contributed by atoms with van der Waals surface area (Å²) < 4.78 is 55.0. The van der Waals surface area contributed by atoms with Gasteiger partial charge in [-0.25, -0.2) is 26.8 Å². The van der Waals surface area contributed by atoms with Crippen LogP contribution in [0.2, 0.25) is 20.1 Å². The summed E-state index contributed by atoms with van der Waals surface area (Å²) in [6.07, 6.45) is 2.21. The summed E-state index contributed by atoms with van der Waals surface area (Å²) in [5, 5.41) is 6.55. The fourth-order valence-corrected chi connectivity index (χ4v) is 13.4. The van der Waals surface area contributed by atoms with Crippen LogP contribution in [0.15, 0.2) is 99.4 Å². The van der Waals surface area contributed by atoms with Gasteiger partial charge in [0.15, 0.2) is 10.3 Å². The Balaban J connectivity index is 0.000000184. The number of sulfonamides is 2. The molecule has 61 heavy (non-hydrogen) atoms. The van der Waals surface area contributed by atoms with E-state index >= 15 is 0 Å². The first-order valence-corrected chi connectivity index (χ1v) is 25.8. The van der Waals surface area contributed by atoms with Crippen LogP contribution in [0.3, 0.4) is 0 Å². The SMILES string of the molecule is CCCc1ccc(-c2csc(N3CCN(S(=O)(=O)c4cccc(Cl)c4Cl)CC3)n2)cc1.Cc1cccc(C)c1-c1csc(N2CCN(S(=O)(=O)c3cccc(Cl)c3Cl)CC2)n1. The smallest absolute Gasteiger partial charge is 0.244 e. The van der Waals surface area contributed by atoms with E-state index in [1.807, 2.05) is 6.07 Å². The summed E-state index contributed by atoms with van der Waals surface area (Å²) in [6.45, 7) is 10.1. The van der Waals surface area contributed by atoms with Crippen molar-refractivity contribution in [2.45, 2.75) is 43.4 Å². The zero-order chi connectivity index (χ0) is 43.5. The van der Waals surface area contributed by atoms with Gasteiger partial charge in [-0.05, 0) is 61.2 Å². The number of piperazine rings is 2. The van der Waals surface area contributed by atoms with Crippen LogP contribution in [0.5, 0.6) is 0 Å². The molecule has 2 fully saturated rings. The number of anilines is 2. The summed E-state index contributed by atoms with van der Waals surface area (Å²) >= 11 is 27.5. The van der Waals surface area contributed by atoms with Gasteiger partial charge in [0.2, 0.25) is 20.0 Å². The van der Waals surface area contributed by atoms with Crippen molar-refractivity contribution < 1.29 is 16.8 Å². The highest BCUT2D eigenvalue weighted by Gasteiger charge is 2.33. The second-order valence-corrected chi connectivity index (χ2v) is 21.7. The van der Waals surface area contributed by atoms with Gasteiger partial charge in [-0.1, -0.05) is 114 Å². The molecule has 0 spiro atoms. The monoisotopic (exact) mass is 976 g/mol. The van der Waals surface area contributed by atoms with Crippen LogP contribution >= 0.6 is 69.1 Å². The predicted octanol–water partition coefficient (Wildman–Crippen LogP) is 10.8. The first kappa shape index (κ1) is 45.7. The van der Waals surface area contributed by atoms with Crippen molar-refractivity contribution in [2.24, 2.45) is 0 Å². The van der Waals surface area contributed by atoms with Gasteiger partial charge in [0, 0.05) is 74.2 Å². The van der Waals surface area contributed by atoms with Gasteiger partial charge in [0.05, 0.1) is 31.5 Å². The van der Waals surface area contributed by atoms with E-state index in [1.165, 1.54) is 37.4 Å². The van der Waals surface area contributed by atoms with Gasteiger partial charge < -0.3 is 9.80 Å². The van der Waals surface area contributed by atoms with Crippen LogP contribution < -0.4 is 9.80 Å². The van der Waals surface area contributed by atoms with Crippen molar-refractivity contribution in [2.75, 3.05) is 62.2 Å². The van der Waals surface area contributed by atoms with Gasteiger partial charge in [0.25, 0.3) is 0 Å². The first-order chi connectivity index (χ1) is 29.2. The third kappa shape index (κ3) is 10.1. The zero-order valence-electron chi connectivity index (χ0n) is 33.7. The quantitative estimate of drug-likeness (QED) is 0.134. The van der Waals surface area contributed by atoms with Gasteiger partial charge in [-0.2, -0.15) is 8.61 Å². The third-order valence-corrected chi connectivity index (χ3v) is 18.1. The van der Waals surface area contributed by atoms with E-state index in [9.17, 15) is 16.8 Å². The number of nitrogens with zero attached hydrogens (tertiary/aromatic N) is 6. The molecular weight excluding hydrogens is 935 g/mol. The van der Waals surface area contributed by atoms with E-state index in [4.69, 9.17) is 56.4 Å². The molecule has 0 bridgehead atoms. The number of thiazole rings is 2. The fourth-order valence-electron chi connectivity index (χ4n) is 7.30. The molecule has 0 N–H and O–H groups in total. The Kier molecular flexibility index (Phi) is 14.7. The number of rotatable bonds is 10. The van der Waals surface area contributed by atoms with Crippen molar-refractivity contribution in [1.29, 1.82) is 0 Å². The normalized spacial score (nSPS) is 15.5. The van der Waals surface area contributed by atoms with Crippen LogP contribution in [0.1, 0.15) is 30.0 Å². The minimum absolute atomic E-state index is 0.0525. The summed E-state index contributed by atoms with van der Waals surface area (Å²) in [4.78, 5) is 14.0. The predicted molar refractivity (Wildman–Crippen MR) is 253 cm³/mol. The minimum Gasteiger partial charge on any atom is -0.345 e. The molecule has 0 aliphatic carbocycles. The van der Waals surface area contributed by atoms with Crippen molar-refractivity contribution in [3.8, 4) is 22.5 Å². The lowest BCUT2D eigenvalue weighted by Crippen LogP contribution is -2.48. The molecule has 2 aromatic heterocycles. The van der Waals surface area contributed by atoms with Gasteiger partial charge in [-0.15, -0.1) is 22.7 Å². The molecule has 2 aliphatic rings. The molecule has 4 heterocycles. The molecule has 2 aliphatic heterocycles. The number of hydrogen-bond acceptors (Lipinski definition) is 10. The topological polar surface area (TPSA) is 107 Å².